The Morgan fingerprint density at radius 1 is 1.32 bits per heavy atom. The van der Waals surface area contributed by atoms with Gasteiger partial charge in [0, 0.05) is 19.1 Å². The van der Waals surface area contributed by atoms with Gasteiger partial charge in [-0.1, -0.05) is 25.1 Å². The molecule has 1 aromatic heterocycles. The van der Waals surface area contributed by atoms with Crippen LogP contribution in [0, 0.1) is 19.8 Å². The number of carbonyl (C=O) groups is 1. The summed E-state index contributed by atoms with van der Waals surface area (Å²) in [6.45, 7) is 7.52. The van der Waals surface area contributed by atoms with Crippen molar-refractivity contribution < 1.29 is 4.79 Å². The van der Waals surface area contributed by atoms with Crippen LogP contribution in [0.25, 0.3) is 5.69 Å². The Balaban J connectivity index is 0.00000225. The zero-order valence-corrected chi connectivity index (χ0v) is 15.9. The smallest absolute Gasteiger partial charge is 0.257 e. The van der Waals surface area contributed by atoms with Gasteiger partial charge in [0.05, 0.1) is 23.1 Å². The Bertz CT molecular complexity index is 743. The first-order valence-electron chi connectivity index (χ1n) is 8.64. The number of nitrogens with two attached hydrogens (primary N) is 1. The van der Waals surface area contributed by atoms with Gasteiger partial charge in [-0.15, -0.1) is 12.4 Å². The van der Waals surface area contributed by atoms with Gasteiger partial charge in [-0.2, -0.15) is 5.10 Å². The highest BCUT2D eigenvalue weighted by molar-refractivity contribution is 5.95. The van der Waals surface area contributed by atoms with E-state index in [1.807, 2.05) is 34.7 Å². The molecular formula is C19H27ClN4O. The summed E-state index contributed by atoms with van der Waals surface area (Å²) in [6.07, 6.45) is 3.70. The number of aromatic nitrogens is 2. The van der Waals surface area contributed by atoms with E-state index in [2.05, 4.69) is 25.0 Å². The zero-order chi connectivity index (χ0) is 17.3. The molecule has 3 rings (SSSR count). The van der Waals surface area contributed by atoms with Crippen LogP contribution < -0.4 is 5.73 Å². The lowest BCUT2D eigenvalue weighted by atomic mass is 9.92. The van der Waals surface area contributed by atoms with Crippen molar-refractivity contribution in [2.45, 2.75) is 39.7 Å². The molecule has 5 nitrogen and oxygen atoms in total. The second-order valence-corrected chi connectivity index (χ2v) is 6.86. The summed E-state index contributed by atoms with van der Waals surface area (Å²) in [5, 5.41) is 4.47. The van der Waals surface area contributed by atoms with Crippen molar-refractivity contribution in [1.29, 1.82) is 0 Å². The average molecular weight is 363 g/mol. The van der Waals surface area contributed by atoms with Crippen LogP contribution in [0.4, 0.5) is 0 Å². The lowest BCUT2D eigenvalue weighted by Gasteiger charge is -2.38. The lowest BCUT2D eigenvalue weighted by Crippen LogP contribution is -2.49. The summed E-state index contributed by atoms with van der Waals surface area (Å²) < 4.78 is 1.85. The van der Waals surface area contributed by atoms with Crippen LogP contribution in [-0.2, 0) is 0 Å². The fourth-order valence-electron chi connectivity index (χ4n) is 3.56. The number of carbonyl (C=O) groups excluding carboxylic acids is 1. The van der Waals surface area contributed by atoms with Crippen LogP contribution in [0.3, 0.4) is 0 Å². The van der Waals surface area contributed by atoms with E-state index < -0.39 is 0 Å². The fraction of sp³-hybridized carbons (Fsp3) is 0.474. The molecule has 1 amide bonds. The highest BCUT2D eigenvalue weighted by atomic mass is 35.5. The standard InChI is InChI=1S/C19H26N4O.ClH/c1-13-8-9-22(16(10-13)11-20)19(24)17-12-21-23(15(17)3)18-7-5-4-6-14(18)2;/h4-7,12-13,16H,8-11,20H2,1-3H3;1H. The number of amides is 1. The van der Waals surface area contributed by atoms with Crippen LogP contribution in [0.5, 0.6) is 0 Å². The van der Waals surface area contributed by atoms with E-state index in [1.165, 1.54) is 0 Å². The highest BCUT2D eigenvalue weighted by Gasteiger charge is 2.31. The Labute approximate surface area is 155 Å². The number of hydrogen-bond acceptors (Lipinski definition) is 3. The van der Waals surface area contributed by atoms with Crippen LogP contribution in [-0.4, -0.2) is 39.7 Å². The topological polar surface area (TPSA) is 64.2 Å². The van der Waals surface area contributed by atoms with Crippen LogP contribution >= 0.6 is 12.4 Å². The van der Waals surface area contributed by atoms with Gasteiger partial charge in [0.25, 0.3) is 5.91 Å². The predicted octanol–water partition coefficient (Wildman–Crippen LogP) is 3.11. The summed E-state index contributed by atoms with van der Waals surface area (Å²) >= 11 is 0. The summed E-state index contributed by atoms with van der Waals surface area (Å²) in [6, 6.07) is 8.19. The van der Waals surface area contributed by atoms with Gasteiger partial charge in [0.15, 0.2) is 0 Å². The van der Waals surface area contributed by atoms with Crippen molar-refractivity contribution >= 4 is 18.3 Å². The largest absolute Gasteiger partial charge is 0.334 e. The molecule has 2 aromatic rings. The predicted molar refractivity (Wildman–Crippen MR) is 103 cm³/mol. The van der Waals surface area contributed by atoms with Gasteiger partial charge in [-0.25, -0.2) is 4.68 Å². The molecule has 2 N–H and O–H groups in total. The van der Waals surface area contributed by atoms with E-state index in [0.29, 0.717) is 18.0 Å². The van der Waals surface area contributed by atoms with E-state index >= 15 is 0 Å². The number of halogens is 1. The maximum atomic E-state index is 13.0. The van der Waals surface area contributed by atoms with Crippen molar-refractivity contribution in [1.82, 2.24) is 14.7 Å². The van der Waals surface area contributed by atoms with Gasteiger partial charge in [-0.3, -0.25) is 4.79 Å². The molecule has 1 fully saturated rings. The minimum Gasteiger partial charge on any atom is -0.334 e. The number of benzene rings is 1. The molecule has 0 bridgehead atoms. The Morgan fingerprint density at radius 2 is 2.04 bits per heavy atom. The number of rotatable bonds is 3. The molecule has 1 saturated heterocycles. The minimum atomic E-state index is 0. The number of hydrogen-bond donors (Lipinski definition) is 1. The summed E-state index contributed by atoms with van der Waals surface area (Å²) in [7, 11) is 0. The van der Waals surface area contributed by atoms with E-state index in [1.54, 1.807) is 6.20 Å². The number of aryl methyl sites for hydroxylation is 1. The second-order valence-electron chi connectivity index (χ2n) is 6.86. The first-order chi connectivity index (χ1) is 11.5. The molecule has 2 unspecified atom stereocenters. The van der Waals surface area contributed by atoms with Gasteiger partial charge in [0.1, 0.15) is 0 Å². The summed E-state index contributed by atoms with van der Waals surface area (Å²) in [5.41, 5.74) is 9.61. The van der Waals surface area contributed by atoms with Gasteiger partial charge < -0.3 is 10.6 Å². The Kier molecular flexibility index (Phi) is 6.25. The van der Waals surface area contributed by atoms with Crippen LogP contribution in [0.2, 0.25) is 0 Å². The van der Waals surface area contributed by atoms with E-state index in [-0.39, 0.29) is 24.4 Å². The highest BCUT2D eigenvalue weighted by Crippen LogP contribution is 2.25. The first-order valence-corrected chi connectivity index (χ1v) is 8.64. The molecule has 1 aromatic carbocycles. The first kappa shape index (κ1) is 19.5. The van der Waals surface area contributed by atoms with Crippen molar-refractivity contribution in [3.05, 3.63) is 47.3 Å². The van der Waals surface area contributed by atoms with Crippen molar-refractivity contribution in [2.75, 3.05) is 13.1 Å². The van der Waals surface area contributed by atoms with Crippen LogP contribution in [0.15, 0.2) is 30.5 Å². The SMILES string of the molecule is Cc1ccccc1-n1ncc(C(=O)N2CCC(C)CC2CN)c1C.Cl. The van der Waals surface area contributed by atoms with Crippen molar-refractivity contribution in [3.63, 3.8) is 0 Å². The molecule has 0 saturated carbocycles. The monoisotopic (exact) mass is 362 g/mol. The molecule has 0 radical (unpaired) electrons. The zero-order valence-electron chi connectivity index (χ0n) is 15.1. The Morgan fingerprint density at radius 3 is 2.72 bits per heavy atom. The van der Waals surface area contributed by atoms with E-state index in [4.69, 9.17) is 5.73 Å². The third-order valence-electron chi connectivity index (χ3n) is 5.09. The molecule has 0 spiro atoms. The van der Waals surface area contributed by atoms with Gasteiger partial charge in [-0.05, 0) is 44.2 Å². The summed E-state index contributed by atoms with van der Waals surface area (Å²) in [5.74, 6) is 0.674. The maximum absolute atomic E-state index is 13.0. The quantitative estimate of drug-likeness (QED) is 0.912. The van der Waals surface area contributed by atoms with Crippen LogP contribution in [0.1, 0.15) is 41.4 Å². The fourth-order valence-corrected chi connectivity index (χ4v) is 3.56. The van der Waals surface area contributed by atoms with E-state index in [0.717, 1.165) is 36.3 Å². The normalized spacial score (nSPS) is 20.2. The maximum Gasteiger partial charge on any atom is 0.257 e. The van der Waals surface area contributed by atoms with Gasteiger partial charge >= 0.3 is 0 Å². The molecule has 136 valence electrons. The molecule has 1 aliphatic heterocycles. The molecule has 25 heavy (non-hydrogen) atoms. The number of piperidine rings is 1. The molecule has 2 heterocycles. The molecule has 6 heteroatoms. The second kappa shape index (κ2) is 8.02. The number of likely N-dealkylation sites (tertiary alicyclic amines) is 1. The number of para-hydroxylation sites is 1. The van der Waals surface area contributed by atoms with Gasteiger partial charge in [0.2, 0.25) is 0 Å². The summed E-state index contributed by atoms with van der Waals surface area (Å²) in [4.78, 5) is 15.0. The minimum absolute atomic E-state index is 0. The molecule has 2 atom stereocenters. The average Bonchev–Trinajstić information content (AvgIpc) is 2.96. The van der Waals surface area contributed by atoms with Crippen molar-refractivity contribution in [3.8, 4) is 5.69 Å². The molecule has 1 aliphatic rings. The van der Waals surface area contributed by atoms with Crippen molar-refractivity contribution in [2.24, 2.45) is 11.7 Å². The molecular weight excluding hydrogens is 336 g/mol. The molecule has 0 aliphatic carbocycles. The lowest BCUT2D eigenvalue weighted by molar-refractivity contribution is 0.0573. The third kappa shape index (κ3) is 3.72. The Hall–Kier alpha value is -1.85. The third-order valence-corrected chi connectivity index (χ3v) is 5.09. The van der Waals surface area contributed by atoms with E-state index in [9.17, 15) is 4.79 Å². The number of nitrogens with zero attached hydrogens (tertiary/aromatic N) is 3.